The predicted molar refractivity (Wildman–Crippen MR) is 150 cm³/mol. The highest BCUT2D eigenvalue weighted by atomic mass is 32.2. The average Bonchev–Trinajstić information content (AvgIpc) is 3.10. The molecule has 0 saturated carbocycles. The first-order chi connectivity index (χ1) is 16.8. The molecule has 0 aromatic carbocycles. The van der Waals surface area contributed by atoms with Gasteiger partial charge < -0.3 is 4.90 Å². The summed E-state index contributed by atoms with van der Waals surface area (Å²) in [6, 6.07) is 2.13. The lowest BCUT2D eigenvalue weighted by atomic mass is 9.97. The lowest BCUT2D eigenvalue weighted by molar-refractivity contribution is -0.122. The maximum Gasteiger partial charge on any atom is 0.270 e. The number of nitriles is 1. The number of aromatic nitrogens is 1. The maximum absolute atomic E-state index is 13.3. The zero-order valence-electron chi connectivity index (χ0n) is 21.6. The smallest absolute Gasteiger partial charge is 0.270 e. The zero-order valence-corrected chi connectivity index (χ0v) is 23.2. The molecule has 0 radical (unpaired) electrons. The molecule has 190 valence electrons. The van der Waals surface area contributed by atoms with E-state index < -0.39 is 0 Å². The number of nitrogens with zero attached hydrogens (tertiary/aromatic N) is 4. The van der Waals surface area contributed by atoms with Crippen LogP contribution >= 0.6 is 24.0 Å². The maximum atomic E-state index is 13.3. The van der Waals surface area contributed by atoms with Gasteiger partial charge in [-0.05, 0) is 50.2 Å². The Morgan fingerprint density at radius 1 is 1.09 bits per heavy atom. The highest BCUT2D eigenvalue weighted by Gasteiger charge is 2.33. The SMILES string of the molecule is CCCCCCCN1C(=O)/C(=C/c2c(C)c(C#N)c(=O)n(CCC)c2N2CCC(C)CC2)SC1=S. The van der Waals surface area contributed by atoms with Crippen LogP contribution in [0.1, 0.15) is 88.8 Å². The molecule has 2 saturated heterocycles. The molecule has 0 spiro atoms. The quantitative estimate of drug-likeness (QED) is 0.222. The van der Waals surface area contributed by atoms with Gasteiger partial charge >= 0.3 is 0 Å². The Morgan fingerprint density at radius 3 is 2.40 bits per heavy atom. The molecule has 2 aliphatic heterocycles. The second-order valence-electron chi connectivity index (χ2n) is 9.72. The summed E-state index contributed by atoms with van der Waals surface area (Å²) >= 11 is 6.89. The van der Waals surface area contributed by atoms with Crippen LogP contribution in [0.2, 0.25) is 0 Å². The van der Waals surface area contributed by atoms with Gasteiger partial charge in [-0.2, -0.15) is 5.26 Å². The normalized spacial score (nSPS) is 18.1. The summed E-state index contributed by atoms with van der Waals surface area (Å²) in [7, 11) is 0. The van der Waals surface area contributed by atoms with Crippen LogP contribution in [0.4, 0.5) is 5.82 Å². The van der Waals surface area contributed by atoms with E-state index >= 15 is 0 Å². The summed E-state index contributed by atoms with van der Waals surface area (Å²) in [5, 5.41) is 9.81. The first-order valence-electron chi connectivity index (χ1n) is 13.0. The van der Waals surface area contributed by atoms with E-state index in [4.69, 9.17) is 12.2 Å². The van der Waals surface area contributed by atoms with Gasteiger partial charge in [-0.15, -0.1) is 0 Å². The number of anilines is 1. The molecule has 1 aromatic rings. The van der Waals surface area contributed by atoms with E-state index in [1.165, 1.54) is 31.0 Å². The highest BCUT2D eigenvalue weighted by molar-refractivity contribution is 8.26. The summed E-state index contributed by atoms with van der Waals surface area (Å²) < 4.78 is 2.34. The first kappa shape index (κ1) is 27.5. The fourth-order valence-electron chi connectivity index (χ4n) is 4.83. The molecule has 35 heavy (non-hydrogen) atoms. The molecule has 0 bridgehead atoms. The number of hydrogen-bond acceptors (Lipinski definition) is 6. The Labute approximate surface area is 219 Å². The van der Waals surface area contributed by atoms with Crippen LogP contribution in [0.3, 0.4) is 0 Å². The molecule has 1 aromatic heterocycles. The van der Waals surface area contributed by atoms with E-state index in [2.05, 4.69) is 24.8 Å². The fourth-order valence-corrected chi connectivity index (χ4v) is 6.12. The molecule has 2 aliphatic rings. The van der Waals surface area contributed by atoms with E-state index in [-0.39, 0.29) is 17.0 Å². The molecule has 0 unspecified atom stereocenters. The van der Waals surface area contributed by atoms with Gasteiger partial charge in [0.05, 0.1) is 4.91 Å². The van der Waals surface area contributed by atoms with Crippen LogP contribution in [0.25, 0.3) is 6.08 Å². The number of thioether (sulfide) groups is 1. The summed E-state index contributed by atoms with van der Waals surface area (Å²) in [5.74, 6) is 1.42. The molecule has 1 amide bonds. The summed E-state index contributed by atoms with van der Waals surface area (Å²) in [5.41, 5.74) is 1.36. The predicted octanol–water partition coefficient (Wildman–Crippen LogP) is 5.85. The van der Waals surface area contributed by atoms with Gasteiger partial charge in [0.2, 0.25) is 0 Å². The zero-order chi connectivity index (χ0) is 25.5. The number of thiocarbonyl (C=S) groups is 1. The molecule has 2 fully saturated rings. The third-order valence-corrected chi connectivity index (χ3v) is 8.39. The van der Waals surface area contributed by atoms with Crippen molar-refractivity contribution in [3.8, 4) is 6.07 Å². The second-order valence-corrected chi connectivity index (χ2v) is 11.4. The number of amides is 1. The third kappa shape index (κ3) is 6.18. The topological polar surface area (TPSA) is 69.3 Å². The highest BCUT2D eigenvalue weighted by Crippen LogP contribution is 2.37. The van der Waals surface area contributed by atoms with Gasteiger partial charge in [0, 0.05) is 31.7 Å². The summed E-state index contributed by atoms with van der Waals surface area (Å²) in [6.45, 7) is 11.2. The van der Waals surface area contributed by atoms with E-state index in [1.54, 1.807) is 9.47 Å². The Kier molecular flexibility index (Phi) is 9.99. The monoisotopic (exact) mass is 514 g/mol. The number of rotatable bonds is 10. The first-order valence-corrected chi connectivity index (χ1v) is 14.2. The number of carbonyl (C=O) groups excluding carboxylic acids is 1. The number of carbonyl (C=O) groups is 1. The molecule has 3 heterocycles. The lowest BCUT2D eigenvalue weighted by Crippen LogP contribution is -2.39. The Balaban J connectivity index is 2.02. The van der Waals surface area contributed by atoms with Gasteiger partial charge in [-0.1, -0.05) is 70.4 Å². The number of unbranched alkanes of at least 4 members (excludes halogenated alkanes) is 4. The van der Waals surface area contributed by atoms with Crippen LogP contribution in [-0.4, -0.2) is 39.3 Å². The van der Waals surface area contributed by atoms with Crippen molar-refractivity contribution in [1.29, 1.82) is 5.26 Å². The number of piperidine rings is 1. The van der Waals surface area contributed by atoms with E-state index in [0.29, 0.717) is 33.8 Å². The molecule has 0 atom stereocenters. The van der Waals surface area contributed by atoms with Crippen molar-refractivity contribution in [2.45, 2.75) is 85.6 Å². The molecule has 0 N–H and O–H groups in total. The molecular weight excluding hydrogens is 476 g/mol. The van der Waals surface area contributed by atoms with Gasteiger partial charge in [0.1, 0.15) is 21.8 Å². The lowest BCUT2D eigenvalue weighted by Gasteiger charge is -2.35. The van der Waals surface area contributed by atoms with Crippen molar-refractivity contribution in [2.75, 3.05) is 24.5 Å². The van der Waals surface area contributed by atoms with Crippen LogP contribution < -0.4 is 10.5 Å². The van der Waals surface area contributed by atoms with Crippen LogP contribution in [-0.2, 0) is 11.3 Å². The Hall–Kier alpha value is -2.11. The van der Waals surface area contributed by atoms with Gasteiger partial charge in [0.15, 0.2) is 0 Å². The molecular formula is C27H38N4O2S2. The van der Waals surface area contributed by atoms with Crippen molar-refractivity contribution >= 4 is 46.1 Å². The molecule has 3 rings (SSSR count). The number of hydrogen-bond donors (Lipinski definition) is 0. The largest absolute Gasteiger partial charge is 0.357 e. The minimum absolute atomic E-state index is 0.0696. The van der Waals surface area contributed by atoms with E-state index in [0.717, 1.165) is 56.6 Å². The standard InChI is InChI=1S/C27H38N4O2S2/c1-5-7-8-9-10-14-31-26(33)23(35-27(31)34)17-21-20(4)22(18-28)25(32)30(13-6-2)24(21)29-15-11-19(3)12-16-29/h17,19H,5-16H2,1-4H3/b23-17-. The Bertz CT molecular complexity index is 1080. The van der Waals surface area contributed by atoms with Gasteiger partial charge in [-0.25, -0.2) is 0 Å². The van der Waals surface area contributed by atoms with Gasteiger partial charge in [0.25, 0.3) is 11.5 Å². The second kappa shape index (κ2) is 12.7. The molecule has 0 aliphatic carbocycles. The molecule has 8 heteroatoms. The van der Waals surface area contributed by atoms with Crippen molar-refractivity contribution < 1.29 is 4.79 Å². The van der Waals surface area contributed by atoms with Crippen molar-refractivity contribution in [3.63, 3.8) is 0 Å². The summed E-state index contributed by atoms with van der Waals surface area (Å²) in [4.78, 5) is 31.2. The van der Waals surface area contributed by atoms with Gasteiger partial charge in [-0.3, -0.25) is 19.1 Å². The average molecular weight is 515 g/mol. The Morgan fingerprint density at radius 2 is 1.77 bits per heavy atom. The van der Waals surface area contributed by atoms with Crippen LogP contribution in [0.15, 0.2) is 9.70 Å². The number of pyridine rings is 1. The minimum atomic E-state index is -0.239. The minimum Gasteiger partial charge on any atom is -0.357 e. The fraction of sp³-hybridized carbons (Fsp3) is 0.630. The van der Waals surface area contributed by atoms with Crippen LogP contribution in [0, 0.1) is 24.2 Å². The van der Waals surface area contributed by atoms with Crippen LogP contribution in [0.5, 0.6) is 0 Å². The van der Waals surface area contributed by atoms with E-state index in [9.17, 15) is 14.9 Å². The van der Waals surface area contributed by atoms with Crippen molar-refractivity contribution in [3.05, 3.63) is 31.9 Å². The van der Waals surface area contributed by atoms with Crippen molar-refractivity contribution in [2.24, 2.45) is 5.92 Å². The van der Waals surface area contributed by atoms with Crippen molar-refractivity contribution in [1.82, 2.24) is 9.47 Å². The third-order valence-electron chi connectivity index (χ3n) is 7.01. The molecule has 6 nitrogen and oxygen atoms in total. The summed E-state index contributed by atoms with van der Waals surface area (Å²) in [6.07, 6.45) is 10.4. The van der Waals surface area contributed by atoms with E-state index in [1.807, 2.05) is 19.9 Å².